The first-order chi connectivity index (χ1) is 20.9. The van der Waals surface area contributed by atoms with Gasteiger partial charge in [0, 0.05) is 5.75 Å². The number of halogens is 1. The molecule has 8 nitrogen and oxygen atoms in total. The fourth-order valence-electron chi connectivity index (χ4n) is 4.94. The van der Waals surface area contributed by atoms with Crippen molar-refractivity contribution in [2.75, 3.05) is 31.9 Å². The highest BCUT2D eigenvalue weighted by atomic mass is 35.5. The van der Waals surface area contributed by atoms with E-state index in [4.69, 9.17) is 5.73 Å². The third kappa shape index (κ3) is 11.7. The van der Waals surface area contributed by atoms with E-state index in [0.717, 1.165) is 5.75 Å². The number of quaternary nitrogens is 1. The number of benzene rings is 2. The van der Waals surface area contributed by atoms with Gasteiger partial charge in [-0.25, -0.2) is 0 Å². The second-order valence-corrected chi connectivity index (χ2v) is 12.9. The van der Waals surface area contributed by atoms with Gasteiger partial charge in [-0.1, -0.05) is 119 Å². The number of nitrogens with two attached hydrogens (primary N) is 1. The number of unbranched alkanes of at least 4 members (excludes halogenated alkanes) is 4. The Kier molecular flexibility index (Phi) is 17.4. The minimum absolute atomic E-state index is 0. The summed E-state index contributed by atoms with van der Waals surface area (Å²) in [4.78, 5) is 4.28. The van der Waals surface area contributed by atoms with Gasteiger partial charge < -0.3 is 27.7 Å². The molecule has 0 atom stereocenters. The summed E-state index contributed by atoms with van der Waals surface area (Å²) in [6.07, 6.45) is 11.1. The number of para-hydroxylation sites is 1. The molecule has 4 rings (SSSR count). The number of hydrogen-bond donors (Lipinski definition) is 2. The van der Waals surface area contributed by atoms with Crippen molar-refractivity contribution in [3.63, 3.8) is 0 Å². The third-order valence-corrected chi connectivity index (χ3v) is 9.34. The van der Waals surface area contributed by atoms with Crippen molar-refractivity contribution in [2.45, 2.75) is 90.0 Å². The van der Waals surface area contributed by atoms with Gasteiger partial charge in [0.1, 0.15) is 5.75 Å². The molecule has 0 fully saturated rings. The summed E-state index contributed by atoms with van der Waals surface area (Å²) in [6, 6.07) is 17.1. The highest BCUT2D eigenvalue weighted by Gasteiger charge is 2.24. The van der Waals surface area contributed by atoms with Crippen molar-refractivity contribution in [3.05, 3.63) is 60.2 Å². The third-order valence-electron chi connectivity index (χ3n) is 7.50. The number of rotatable bonds is 17. The SMILES string of the molecule is CCCC[N+](CCCC)(CCCC)CCCC.Nc1nc(SCc2ccccc2)nn1-c1nnc(-c2ccccc2O)s1.[Cl-]. The molecule has 0 saturated heterocycles. The number of hydrogen-bond acceptors (Lipinski definition) is 8. The first kappa shape index (κ1) is 37.5. The quantitative estimate of drug-likeness (QED) is 0.116. The van der Waals surface area contributed by atoms with E-state index in [9.17, 15) is 5.11 Å². The van der Waals surface area contributed by atoms with E-state index >= 15 is 0 Å². The number of anilines is 1. The van der Waals surface area contributed by atoms with Gasteiger partial charge in [0.15, 0.2) is 5.01 Å². The fourth-order valence-corrected chi connectivity index (χ4v) is 6.56. The molecule has 0 unspecified atom stereocenters. The monoisotopic (exact) mass is 659 g/mol. The molecule has 2 aromatic carbocycles. The molecular formula is C33H50ClN7OS2. The number of nitrogen functional groups attached to an aromatic ring is 1. The van der Waals surface area contributed by atoms with Gasteiger partial charge in [-0.3, -0.25) is 0 Å². The van der Waals surface area contributed by atoms with E-state index in [1.54, 1.807) is 18.2 Å². The van der Waals surface area contributed by atoms with E-state index in [1.807, 2.05) is 24.3 Å². The van der Waals surface area contributed by atoms with Crippen molar-refractivity contribution in [1.29, 1.82) is 0 Å². The largest absolute Gasteiger partial charge is 1.00 e. The standard InChI is InChI=1S/C17H14N6OS2.C16H36N.ClH/c18-15-19-16(25-10-11-6-2-1-3-7-11)22-23(15)17-21-20-14(26-17)12-8-4-5-9-13(12)24;1-5-9-13-17(14-10-6-2,15-11-7-3)16-12-8-4;/h1-9,24H,10H2,(H2,18,19,22);5-16H2,1-4H3;1H/q;+1;/p-1. The molecular weight excluding hydrogens is 610 g/mol. The zero-order chi connectivity index (χ0) is 30.9. The molecule has 44 heavy (non-hydrogen) atoms. The van der Waals surface area contributed by atoms with Crippen LogP contribution in [0.2, 0.25) is 0 Å². The van der Waals surface area contributed by atoms with Gasteiger partial charge in [0.05, 0.1) is 31.7 Å². The minimum Gasteiger partial charge on any atom is -1.00 e. The Bertz CT molecular complexity index is 1300. The number of phenols is 1. The lowest BCUT2D eigenvalue weighted by Crippen LogP contribution is -3.00. The van der Waals surface area contributed by atoms with Gasteiger partial charge in [-0.05, 0) is 43.4 Å². The first-order valence-electron chi connectivity index (χ1n) is 15.8. The van der Waals surface area contributed by atoms with E-state index < -0.39 is 0 Å². The van der Waals surface area contributed by atoms with Gasteiger partial charge in [0.25, 0.3) is 0 Å². The van der Waals surface area contributed by atoms with Gasteiger partial charge in [0.2, 0.25) is 16.2 Å². The first-order valence-corrected chi connectivity index (χ1v) is 17.6. The maximum atomic E-state index is 9.96. The highest BCUT2D eigenvalue weighted by molar-refractivity contribution is 7.98. The molecule has 11 heteroatoms. The maximum Gasteiger partial charge on any atom is 0.236 e. The predicted octanol–water partition coefficient (Wildman–Crippen LogP) is 5.37. The molecule has 3 N–H and O–H groups in total. The van der Waals surface area contributed by atoms with Crippen LogP contribution in [0.3, 0.4) is 0 Å². The molecule has 0 radical (unpaired) electrons. The Morgan fingerprint density at radius 3 is 1.89 bits per heavy atom. The zero-order valence-electron chi connectivity index (χ0n) is 26.8. The topological polar surface area (TPSA) is 103 Å². The molecule has 4 aromatic rings. The lowest BCUT2D eigenvalue weighted by molar-refractivity contribution is -0.929. The van der Waals surface area contributed by atoms with Crippen LogP contribution in [-0.2, 0) is 5.75 Å². The summed E-state index contributed by atoms with van der Waals surface area (Å²) in [5.41, 5.74) is 7.79. The summed E-state index contributed by atoms with van der Waals surface area (Å²) < 4.78 is 2.89. The lowest BCUT2D eigenvalue weighted by atomic mass is 10.1. The number of phenolic OH excluding ortho intramolecular Hbond substituents is 1. The summed E-state index contributed by atoms with van der Waals surface area (Å²) in [7, 11) is 0. The van der Waals surface area contributed by atoms with Crippen LogP contribution in [0, 0.1) is 0 Å². The van der Waals surface area contributed by atoms with Crippen molar-refractivity contribution >= 4 is 29.0 Å². The van der Waals surface area contributed by atoms with E-state index in [2.05, 4.69) is 60.1 Å². The van der Waals surface area contributed by atoms with Crippen LogP contribution in [0.1, 0.15) is 84.6 Å². The molecule has 2 aromatic heterocycles. The highest BCUT2D eigenvalue weighted by Crippen LogP contribution is 2.32. The Hall–Kier alpha value is -2.66. The Balaban J connectivity index is 0.000000331. The molecule has 242 valence electrons. The Morgan fingerprint density at radius 2 is 1.34 bits per heavy atom. The Labute approximate surface area is 278 Å². The van der Waals surface area contributed by atoms with Crippen molar-refractivity contribution < 1.29 is 22.0 Å². The minimum atomic E-state index is 0. The number of aromatic nitrogens is 5. The van der Waals surface area contributed by atoms with Crippen LogP contribution in [-0.4, -0.2) is 60.7 Å². The summed E-state index contributed by atoms with van der Waals surface area (Å²) in [5, 5.41) is 24.3. The molecule has 0 amide bonds. The van der Waals surface area contributed by atoms with Crippen LogP contribution >= 0.6 is 23.1 Å². The zero-order valence-corrected chi connectivity index (χ0v) is 29.2. The average Bonchev–Trinajstić information content (AvgIpc) is 3.67. The van der Waals surface area contributed by atoms with Gasteiger partial charge >= 0.3 is 0 Å². The fraction of sp³-hybridized carbons (Fsp3) is 0.515. The average molecular weight is 660 g/mol. The lowest BCUT2D eigenvalue weighted by Gasteiger charge is -2.39. The molecule has 0 saturated carbocycles. The van der Waals surface area contributed by atoms with E-state index in [-0.39, 0.29) is 24.1 Å². The van der Waals surface area contributed by atoms with Crippen LogP contribution in [0.25, 0.3) is 15.7 Å². The van der Waals surface area contributed by atoms with Crippen LogP contribution in [0.4, 0.5) is 5.95 Å². The summed E-state index contributed by atoms with van der Waals surface area (Å²) >= 11 is 2.79. The predicted molar refractivity (Wildman–Crippen MR) is 182 cm³/mol. The Morgan fingerprint density at radius 1 is 0.795 bits per heavy atom. The van der Waals surface area contributed by atoms with Crippen molar-refractivity contribution in [1.82, 2.24) is 25.0 Å². The summed E-state index contributed by atoms with van der Waals surface area (Å²) in [6.45, 7) is 15.0. The maximum absolute atomic E-state index is 9.96. The molecule has 0 aliphatic carbocycles. The second-order valence-electron chi connectivity index (χ2n) is 11.0. The second kappa shape index (κ2) is 20.4. The van der Waals surface area contributed by atoms with Crippen LogP contribution in [0.15, 0.2) is 59.8 Å². The molecule has 2 heterocycles. The molecule has 0 aliphatic heterocycles. The normalized spacial score (nSPS) is 11.1. The van der Waals surface area contributed by atoms with Crippen molar-refractivity contribution in [3.8, 4) is 21.5 Å². The van der Waals surface area contributed by atoms with Crippen LogP contribution in [0.5, 0.6) is 5.75 Å². The van der Waals surface area contributed by atoms with E-state index in [1.165, 1.54) is 115 Å². The summed E-state index contributed by atoms with van der Waals surface area (Å²) in [5.74, 6) is 1.16. The molecule has 0 spiro atoms. The smallest absolute Gasteiger partial charge is 0.236 e. The van der Waals surface area contributed by atoms with Crippen LogP contribution < -0.4 is 18.1 Å². The van der Waals surface area contributed by atoms with Gasteiger partial charge in [-0.15, -0.1) is 15.3 Å². The number of thioether (sulfide) groups is 1. The number of nitrogens with zero attached hydrogens (tertiary/aromatic N) is 6. The molecule has 0 bridgehead atoms. The molecule has 0 aliphatic rings. The van der Waals surface area contributed by atoms with Crippen molar-refractivity contribution in [2.24, 2.45) is 0 Å². The van der Waals surface area contributed by atoms with Gasteiger partial charge in [-0.2, -0.15) is 9.67 Å². The van der Waals surface area contributed by atoms with E-state index in [0.29, 0.717) is 20.9 Å². The number of aromatic hydroxyl groups is 1.